The number of nitrogens with zero attached hydrogens (tertiary/aromatic N) is 1. The van der Waals surface area contributed by atoms with Crippen molar-refractivity contribution in [2.45, 2.75) is 19.5 Å². The number of Topliss-reactive ketones (excluding diaryl/α,β-unsaturated/α-hetero) is 1. The third-order valence-corrected chi connectivity index (χ3v) is 4.15. The molecule has 0 fully saturated rings. The molecule has 0 heterocycles. The summed E-state index contributed by atoms with van der Waals surface area (Å²) >= 11 is 6.05. The van der Waals surface area contributed by atoms with Gasteiger partial charge < -0.3 is 5.32 Å². The fraction of sp³-hybridized carbons (Fsp3) is 0.250. The lowest BCUT2D eigenvalue weighted by Gasteiger charge is -2.12. The van der Waals surface area contributed by atoms with Crippen LogP contribution in [0.5, 0.6) is 0 Å². The minimum Gasteiger partial charge on any atom is -0.355 e. The number of ketones is 1. The number of hydrogen-bond acceptors (Lipinski definition) is 3. The summed E-state index contributed by atoms with van der Waals surface area (Å²) in [4.78, 5) is 29.2. The van der Waals surface area contributed by atoms with Crippen LogP contribution >= 0.6 is 11.6 Å². The van der Waals surface area contributed by atoms with Crippen molar-refractivity contribution in [2.75, 3.05) is 6.54 Å². The first kappa shape index (κ1) is 21.6. The van der Waals surface area contributed by atoms with Crippen LogP contribution in [0.1, 0.15) is 29.3 Å². The summed E-state index contributed by atoms with van der Waals surface area (Å²) in [5.74, 6) is -2.36. The summed E-state index contributed by atoms with van der Waals surface area (Å²) in [6.07, 6.45) is -2.65. The number of nitrogens with one attached hydrogen (secondary N) is 1. The molecule has 0 bridgehead atoms. The van der Waals surface area contributed by atoms with E-state index in [0.29, 0.717) is 13.0 Å². The number of amides is 1. The van der Waals surface area contributed by atoms with Gasteiger partial charge in [0.25, 0.3) is 0 Å². The van der Waals surface area contributed by atoms with Crippen molar-refractivity contribution in [1.29, 1.82) is 0 Å². The summed E-state index contributed by atoms with van der Waals surface area (Å²) in [5, 5.41) is 2.82. The molecule has 1 N–H and O–H groups in total. The number of hydrogen-bond donors (Lipinski definition) is 1. The van der Waals surface area contributed by atoms with Gasteiger partial charge >= 0.3 is 6.18 Å². The summed E-state index contributed by atoms with van der Waals surface area (Å²) in [6.45, 7) is 2.24. The fourth-order valence-electron chi connectivity index (χ4n) is 2.34. The zero-order chi connectivity index (χ0) is 20.7. The average Bonchev–Trinajstić information content (AvgIpc) is 2.66. The molecule has 0 saturated carbocycles. The number of alkyl halides is 3. The summed E-state index contributed by atoms with van der Waals surface area (Å²) in [7, 11) is 0. The van der Waals surface area contributed by atoms with E-state index in [4.69, 9.17) is 11.6 Å². The topological polar surface area (TPSA) is 58.5 Å². The Kier molecular flexibility index (Phi) is 7.34. The van der Waals surface area contributed by atoms with Crippen LogP contribution < -0.4 is 5.32 Å². The molecule has 4 nitrogen and oxygen atoms in total. The van der Waals surface area contributed by atoms with Crippen molar-refractivity contribution >= 4 is 35.2 Å². The van der Waals surface area contributed by atoms with Crippen LogP contribution in [0.25, 0.3) is 0 Å². The van der Waals surface area contributed by atoms with E-state index in [0.717, 1.165) is 18.3 Å². The van der Waals surface area contributed by atoms with Crippen molar-refractivity contribution in [1.82, 2.24) is 5.32 Å². The lowest BCUT2D eigenvalue weighted by atomic mass is 9.97. The molecule has 0 aliphatic heterocycles. The molecule has 148 valence electrons. The Labute approximate surface area is 165 Å². The lowest BCUT2D eigenvalue weighted by molar-refractivity contribution is -0.137. The molecule has 0 radical (unpaired) electrons. The maximum atomic E-state index is 12.8. The van der Waals surface area contributed by atoms with E-state index in [9.17, 15) is 22.8 Å². The smallest absolute Gasteiger partial charge is 0.355 e. The van der Waals surface area contributed by atoms with Crippen LogP contribution in [-0.4, -0.2) is 24.4 Å². The van der Waals surface area contributed by atoms with Crippen LogP contribution in [0.4, 0.5) is 18.9 Å². The van der Waals surface area contributed by atoms with Crippen molar-refractivity contribution in [2.24, 2.45) is 10.9 Å². The highest BCUT2D eigenvalue weighted by molar-refractivity contribution is 6.35. The van der Waals surface area contributed by atoms with Gasteiger partial charge in [0, 0.05) is 18.3 Å². The predicted molar refractivity (Wildman–Crippen MR) is 102 cm³/mol. The molecule has 1 atom stereocenters. The van der Waals surface area contributed by atoms with E-state index in [-0.39, 0.29) is 16.3 Å². The highest BCUT2D eigenvalue weighted by Crippen LogP contribution is 2.30. The van der Waals surface area contributed by atoms with E-state index in [1.54, 1.807) is 12.1 Å². The first-order valence-corrected chi connectivity index (χ1v) is 8.89. The summed E-state index contributed by atoms with van der Waals surface area (Å²) in [6, 6.07) is 10.4. The number of rotatable bonds is 7. The number of halogens is 4. The van der Waals surface area contributed by atoms with Gasteiger partial charge in [-0.1, -0.05) is 30.7 Å². The van der Waals surface area contributed by atoms with E-state index in [2.05, 4.69) is 10.3 Å². The molecule has 2 aromatic rings. The summed E-state index contributed by atoms with van der Waals surface area (Å²) in [5.41, 5.74) is -0.455. The predicted octanol–water partition coefficient (Wildman–Crippen LogP) is 5.09. The molecule has 1 amide bonds. The third kappa shape index (κ3) is 5.66. The monoisotopic (exact) mass is 410 g/mol. The van der Waals surface area contributed by atoms with Crippen LogP contribution in [0.15, 0.2) is 53.5 Å². The van der Waals surface area contributed by atoms with Gasteiger partial charge in [0.05, 0.1) is 16.3 Å². The second-order valence-electron chi connectivity index (χ2n) is 5.94. The Morgan fingerprint density at radius 2 is 1.79 bits per heavy atom. The lowest BCUT2D eigenvalue weighted by Crippen LogP contribution is -2.37. The van der Waals surface area contributed by atoms with Gasteiger partial charge in [-0.2, -0.15) is 13.2 Å². The third-order valence-electron chi connectivity index (χ3n) is 3.82. The van der Waals surface area contributed by atoms with Gasteiger partial charge in [-0.15, -0.1) is 0 Å². The molecule has 2 aromatic carbocycles. The normalized spacial score (nSPS) is 12.8. The Hall–Kier alpha value is -2.67. The Morgan fingerprint density at radius 1 is 1.14 bits per heavy atom. The van der Waals surface area contributed by atoms with Gasteiger partial charge in [0.15, 0.2) is 5.78 Å². The van der Waals surface area contributed by atoms with Gasteiger partial charge in [0.1, 0.15) is 5.92 Å². The number of carbonyl (C=O) groups is 2. The van der Waals surface area contributed by atoms with Gasteiger partial charge in [0.2, 0.25) is 5.91 Å². The maximum Gasteiger partial charge on any atom is 0.416 e. The second kappa shape index (κ2) is 9.50. The van der Waals surface area contributed by atoms with Gasteiger partial charge in [-0.3, -0.25) is 14.6 Å². The van der Waals surface area contributed by atoms with Crippen molar-refractivity contribution in [3.8, 4) is 0 Å². The Morgan fingerprint density at radius 3 is 2.36 bits per heavy atom. The van der Waals surface area contributed by atoms with Crippen molar-refractivity contribution in [3.05, 3.63) is 64.7 Å². The number of aliphatic imine (C=N–C) groups is 1. The fourth-order valence-corrected chi connectivity index (χ4v) is 2.57. The molecule has 8 heteroatoms. The number of benzene rings is 2. The first-order valence-electron chi connectivity index (χ1n) is 8.52. The molecule has 0 aliphatic rings. The van der Waals surface area contributed by atoms with Gasteiger partial charge in [-0.25, -0.2) is 0 Å². The molecule has 2 rings (SSSR count). The molecule has 1 unspecified atom stereocenters. The zero-order valence-electron chi connectivity index (χ0n) is 15.0. The minimum absolute atomic E-state index is 0.166. The molecule has 0 spiro atoms. The minimum atomic E-state index is -4.45. The van der Waals surface area contributed by atoms with Crippen molar-refractivity contribution in [3.63, 3.8) is 0 Å². The van der Waals surface area contributed by atoms with Gasteiger partial charge in [-0.05, 0) is 42.8 Å². The molecular weight excluding hydrogens is 393 g/mol. The second-order valence-corrected chi connectivity index (χ2v) is 6.34. The SMILES string of the molecule is CCCNC(=O)C(C=Nc1ccc(C(F)(F)F)cc1)C(=O)c1ccccc1Cl. The van der Waals surface area contributed by atoms with E-state index in [1.165, 1.54) is 24.3 Å². The van der Waals surface area contributed by atoms with Crippen LogP contribution in [0.3, 0.4) is 0 Å². The molecule has 0 saturated heterocycles. The zero-order valence-corrected chi connectivity index (χ0v) is 15.7. The van der Waals surface area contributed by atoms with Crippen molar-refractivity contribution < 1.29 is 22.8 Å². The van der Waals surface area contributed by atoms with Crippen LogP contribution in [-0.2, 0) is 11.0 Å². The number of carbonyl (C=O) groups excluding carboxylic acids is 2. The molecule has 28 heavy (non-hydrogen) atoms. The maximum absolute atomic E-state index is 12.8. The molecular formula is C20H18ClF3N2O2. The van der Waals surface area contributed by atoms with E-state index < -0.39 is 29.3 Å². The Balaban J connectivity index is 2.29. The highest BCUT2D eigenvalue weighted by atomic mass is 35.5. The molecule has 0 aromatic heterocycles. The Bertz CT molecular complexity index is 864. The van der Waals surface area contributed by atoms with Crippen LogP contribution in [0.2, 0.25) is 5.02 Å². The average molecular weight is 411 g/mol. The highest BCUT2D eigenvalue weighted by Gasteiger charge is 2.30. The van der Waals surface area contributed by atoms with E-state index >= 15 is 0 Å². The van der Waals surface area contributed by atoms with E-state index in [1.807, 2.05) is 6.92 Å². The first-order chi connectivity index (χ1) is 13.2. The largest absolute Gasteiger partial charge is 0.416 e. The standard InChI is InChI=1S/C20H18ClF3N2O2/c1-2-11-25-19(28)16(18(27)15-5-3-4-6-17(15)21)12-26-14-9-7-13(8-10-14)20(22,23)24/h3-10,12,16H,2,11H2,1H3,(H,25,28). The summed E-state index contributed by atoms with van der Waals surface area (Å²) < 4.78 is 37.9. The molecule has 0 aliphatic carbocycles. The quantitative estimate of drug-likeness (QED) is 0.393. The van der Waals surface area contributed by atoms with Crippen LogP contribution in [0, 0.1) is 5.92 Å².